The molecule has 2 aromatic rings. The molecule has 0 aliphatic heterocycles. The van der Waals surface area contributed by atoms with E-state index in [9.17, 15) is 4.79 Å². The maximum atomic E-state index is 12.3. The fraction of sp³-hybridized carbons (Fsp3) is 0.267. The first kappa shape index (κ1) is 15.3. The fourth-order valence-electron chi connectivity index (χ4n) is 1.89. The summed E-state index contributed by atoms with van der Waals surface area (Å²) < 4.78 is 1.83. The van der Waals surface area contributed by atoms with Gasteiger partial charge in [-0.05, 0) is 24.6 Å². The van der Waals surface area contributed by atoms with Crippen LogP contribution in [0, 0.1) is 0 Å². The molecule has 0 bridgehead atoms. The number of rotatable bonds is 5. The van der Waals surface area contributed by atoms with Crippen LogP contribution >= 0.6 is 11.6 Å². The van der Waals surface area contributed by atoms with Crippen LogP contribution in [0.5, 0.6) is 0 Å². The predicted octanol–water partition coefficient (Wildman–Crippen LogP) is 2.49. The van der Waals surface area contributed by atoms with Crippen molar-refractivity contribution in [3.8, 4) is 0 Å². The summed E-state index contributed by atoms with van der Waals surface area (Å²) in [4.78, 5) is 14.0. The lowest BCUT2D eigenvalue weighted by Gasteiger charge is -2.17. The molecular weight excluding hydrogens is 288 g/mol. The molecule has 5 nitrogen and oxygen atoms in total. The van der Waals surface area contributed by atoms with Gasteiger partial charge in [0, 0.05) is 30.7 Å². The number of amides is 1. The Morgan fingerprint density at radius 2 is 2.00 bits per heavy atom. The molecule has 1 amide bonds. The molecule has 1 aromatic carbocycles. The molecule has 0 saturated heterocycles. The van der Waals surface area contributed by atoms with Gasteiger partial charge in [-0.1, -0.05) is 29.8 Å². The highest BCUT2D eigenvalue weighted by Crippen LogP contribution is 2.18. The van der Waals surface area contributed by atoms with Gasteiger partial charge in [0.2, 0.25) is 5.91 Å². The molecule has 0 atom stereocenters. The van der Waals surface area contributed by atoms with Gasteiger partial charge in [-0.25, -0.2) is 0 Å². The van der Waals surface area contributed by atoms with Gasteiger partial charge in [0.15, 0.2) is 0 Å². The topological polar surface area (TPSA) is 51.0 Å². The van der Waals surface area contributed by atoms with E-state index in [0.717, 1.165) is 5.56 Å². The second-order valence-corrected chi connectivity index (χ2v) is 5.18. The quantitative estimate of drug-likeness (QED) is 0.798. The first-order valence-corrected chi connectivity index (χ1v) is 6.96. The van der Waals surface area contributed by atoms with Crippen molar-refractivity contribution >= 4 is 23.6 Å². The first-order valence-electron chi connectivity index (χ1n) is 6.58. The normalized spacial score (nSPS) is 11.5. The van der Waals surface area contributed by atoms with E-state index in [-0.39, 0.29) is 5.91 Å². The second-order valence-electron chi connectivity index (χ2n) is 4.78. The van der Waals surface area contributed by atoms with Crippen LogP contribution in [0.15, 0.2) is 42.5 Å². The van der Waals surface area contributed by atoms with Gasteiger partial charge in [0.25, 0.3) is 0 Å². The Balaban J connectivity index is 1.99. The van der Waals surface area contributed by atoms with Gasteiger partial charge in [-0.3, -0.25) is 4.79 Å². The Morgan fingerprint density at radius 1 is 1.33 bits per heavy atom. The summed E-state index contributed by atoms with van der Waals surface area (Å²) >= 11 is 6.09. The van der Waals surface area contributed by atoms with E-state index in [4.69, 9.17) is 11.6 Å². The van der Waals surface area contributed by atoms with Gasteiger partial charge in [0.1, 0.15) is 12.7 Å². The molecular formula is C15H17ClN4O. The van der Waals surface area contributed by atoms with Crippen LogP contribution in [-0.4, -0.2) is 39.2 Å². The molecule has 0 saturated carbocycles. The fourth-order valence-corrected chi connectivity index (χ4v) is 2.08. The van der Waals surface area contributed by atoms with Crippen molar-refractivity contribution in [3.63, 3.8) is 0 Å². The van der Waals surface area contributed by atoms with Crippen LogP contribution in [0.25, 0.3) is 6.08 Å². The third kappa shape index (κ3) is 4.16. The highest BCUT2D eigenvalue weighted by Gasteiger charge is 2.11. The monoisotopic (exact) mass is 304 g/mol. The molecule has 0 aliphatic carbocycles. The number of likely N-dealkylation sites (N-methyl/N-ethyl adjacent to an activating group) is 1. The minimum Gasteiger partial charge on any atom is -0.340 e. The average Bonchev–Trinajstić information content (AvgIpc) is 2.99. The summed E-state index contributed by atoms with van der Waals surface area (Å²) in [6, 6.07) is 7.45. The SMILES string of the molecule is CC(=Cc1ccccc1Cl)C(=O)N(C)CCn1cnnc1. The molecule has 1 heterocycles. The zero-order chi connectivity index (χ0) is 15.2. The van der Waals surface area contributed by atoms with Crippen molar-refractivity contribution in [2.75, 3.05) is 13.6 Å². The van der Waals surface area contributed by atoms with E-state index in [2.05, 4.69) is 10.2 Å². The zero-order valence-corrected chi connectivity index (χ0v) is 12.8. The number of hydrogen-bond donors (Lipinski definition) is 0. The van der Waals surface area contributed by atoms with Crippen LogP contribution in [0.2, 0.25) is 5.02 Å². The number of halogens is 1. The first-order chi connectivity index (χ1) is 10.1. The van der Waals surface area contributed by atoms with Gasteiger partial charge in [0.05, 0.1) is 0 Å². The largest absolute Gasteiger partial charge is 0.340 e. The molecule has 110 valence electrons. The average molecular weight is 305 g/mol. The van der Waals surface area contributed by atoms with Crippen LogP contribution in [0.1, 0.15) is 12.5 Å². The molecule has 0 spiro atoms. The molecule has 21 heavy (non-hydrogen) atoms. The number of nitrogens with zero attached hydrogens (tertiary/aromatic N) is 4. The number of benzene rings is 1. The number of aromatic nitrogens is 3. The third-order valence-electron chi connectivity index (χ3n) is 3.12. The van der Waals surface area contributed by atoms with E-state index in [1.165, 1.54) is 0 Å². The minimum absolute atomic E-state index is 0.0250. The highest BCUT2D eigenvalue weighted by molar-refractivity contribution is 6.32. The van der Waals surface area contributed by atoms with Crippen molar-refractivity contribution < 1.29 is 4.79 Å². The minimum atomic E-state index is -0.0250. The summed E-state index contributed by atoms with van der Waals surface area (Å²) in [5, 5.41) is 8.09. The third-order valence-corrected chi connectivity index (χ3v) is 3.47. The molecule has 0 aliphatic rings. The Bertz CT molecular complexity index is 637. The van der Waals surface area contributed by atoms with Crippen molar-refractivity contribution in [1.82, 2.24) is 19.7 Å². The summed E-state index contributed by atoms with van der Waals surface area (Å²) in [7, 11) is 1.77. The Morgan fingerprint density at radius 3 is 2.67 bits per heavy atom. The lowest BCUT2D eigenvalue weighted by atomic mass is 10.1. The Labute approximate surface area is 128 Å². The van der Waals surface area contributed by atoms with E-state index >= 15 is 0 Å². The number of hydrogen-bond acceptors (Lipinski definition) is 3. The summed E-state index contributed by atoms with van der Waals surface area (Å²) in [6.07, 6.45) is 5.06. The van der Waals surface area contributed by atoms with Crippen LogP contribution < -0.4 is 0 Å². The van der Waals surface area contributed by atoms with Gasteiger partial charge in [-0.2, -0.15) is 0 Å². The molecule has 0 unspecified atom stereocenters. The van der Waals surface area contributed by atoms with Crippen molar-refractivity contribution in [2.24, 2.45) is 0 Å². The number of carbonyl (C=O) groups is 1. The van der Waals surface area contributed by atoms with Crippen molar-refractivity contribution in [3.05, 3.63) is 53.1 Å². The van der Waals surface area contributed by atoms with Crippen LogP contribution in [0.4, 0.5) is 0 Å². The zero-order valence-electron chi connectivity index (χ0n) is 12.0. The maximum absolute atomic E-state index is 12.3. The van der Waals surface area contributed by atoms with Crippen molar-refractivity contribution in [2.45, 2.75) is 13.5 Å². The summed E-state index contributed by atoms with van der Waals surface area (Å²) in [5.74, 6) is -0.0250. The Hall–Kier alpha value is -2.14. The van der Waals surface area contributed by atoms with Crippen LogP contribution in [-0.2, 0) is 11.3 Å². The standard InChI is InChI=1S/C15H17ClN4O/c1-12(9-13-5-3-4-6-14(13)16)15(21)19(2)7-8-20-10-17-18-11-20/h3-6,9-11H,7-8H2,1-2H3. The summed E-state index contributed by atoms with van der Waals surface area (Å²) in [5.41, 5.74) is 1.49. The van der Waals surface area contributed by atoms with Crippen LogP contribution in [0.3, 0.4) is 0 Å². The molecule has 0 fully saturated rings. The smallest absolute Gasteiger partial charge is 0.249 e. The number of carbonyl (C=O) groups excluding carboxylic acids is 1. The lowest BCUT2D eigenvalue weighted by molar-refractivity contribution is -0.125. The van der Waals surface area contributed by atoms with Gasteiger partial charge >= 0.3 is 0 Å². The van der Waals surface area contributed by atoms with Crippen molar-refractivity contribution in [1.29, 1.82) is 0 Å². The van der Waals surface area contributed by atoms with E-state index in [1.54, 1.807) is 43.7 Å². The molecule has 2 rings (SSSR count). The second kappa shape index (κ2) is 7.04. The predicted molar refractivity (Wildman–Crippen MR) is 82.8 cm³/mol. The van der Waals surface area contributed by atoms with Gasteiger partial charge < -0.3 is 9.47 Å². The van der Waals surface area contributed by atoms with E-state index in [0.29, 0.717) is 23.7 Å². The highest BCUT2D eigenvalue weighted by atomic mass is 35.5. The molecule has 0 N–H and O–H groups in total. The maximum Gasteiger partial charge on any atom is 0.249 e. The lowest BCUT2D eigenvalue weighted by Crippen LogP contribution is -2.30. The molecule has 6 heteroatoms. The Kier molecular flexibility index (Phi) is 5.11. The van der Waals surface area contributed by atoms with Gasteiger partial charge in [-0.15, -0.1) is 10.2 Å². The molecule has 0 radical (unpaired) electrons. The van der Waals surface area contributed by atoms with E-state index < -0.39 is 0 Å². The van der Waals surface area contributed by atoms with E-state index in [1.807, 2.05) is 22.8 Å². The molecule has 1 aromatic heterocycles. The summed E-state index contributed by atoms with van der Waals surface area (Å²) in [6.45, 7) is 3.04.